The van der Waals surface area contributed by atoms with Gasteiger partial charge in [0.1, 0.15) is 23.0 Å². The zero-order valence-electron chi connectivity index (χ0n) is 13.7. The van der Waals surface area contributed by atoms with E-state index >= 15 is 0 Å². The van der Waals surface area contributed by atoms with E-state index in [-0.39, 0.29) is 17.3 Å². The monoisotopic (exact) mass is 413 g/mol. The minimum absolute atomic E-state index is 0.0853. The summed E-state index contributed by atoms with van der Waals surface area (Å²) in [5, 5.41) is 0. The molecule has 2 aromatic carbocycles. The Kier molecular flexibility index (Phi) is 6.26. The van der Waals surface area contributed by atoms with Crippen molar-refractivity contribution < 1.29 is 17.9 Å². The van der Waals surface area contributed by atoms with Gasteiger partial charge >= 0.3 is 0 Å². The van der Waals surface area contributed by atoms with Crippen molar-refractivity contribution in [1.29, 1.82) is 0 Å². The normalized spacial score (nSPS) is 12.7. The number of rotatable bonds is 7. The second kappa shape index (κ2) is 8.00. The molecule has 0 amide bonds. The first-order chi connectivity index (χ1) is 11.3. The number of benzene rings is 2. The average molecular weight is 414 g/mol. The van der Waals surface area contributed by atoms with Crippen molar-refractivity contribution in [3.63, 3.8) is 0 Å². The van der Waals surface area contributed by atoms with Crippen LogP contribution in [-0.2, 0) is 10.0 Å². The Balaban J connectivity index is 2.09. The van der Waals surface area contributed by atoms with Crippen molar-refractivity contribution >= 4 is 26.0 Å². The molecule has 0 aliphatic rings. The van der Waals surface area contributed by atoms with Gasteiger partial charge in [0.05, 0.1) is 13.2 Å². The zero-order valence-corrected chi connectivity index (χ0v) is 16.1. The summed E-state index contributed by atoms with van der Waals surface area (Å²) in [6, 6.07) is 12.0. The van der Waals surface area contributed by atoms with E-state index in [0.717, 1.165) is 11.3 Å². The van der Waals surface area contributed by atoms with Gasteiger partial charge in [0, 0.05) is 4.47 Å². The fourth-order valence-corrected chi connectivity index (χ4v) is 4.09. The number of para-hydroxylation sites is 1. The van der Waals surface area contributed by atoms with Crippen molar-refractivity contribution in [1.82, 2.24) is 4.72 Å². The SMILES string of the molecule is COc1ccc(Br)cc1S(=O)(=O)NC(C)COc1ccccc1C. The number of aryl methyl sites for hydroxylation is 1. The second-order valence-electron chi connectivity index (χ2n) is 5.39. The molecule has 0 aliphatic carbocycles. The molecular formula is C17H20BrNO4S. The fourth-order valence-electron chi connectivity index (χ4n) is 2.16. The molecule has 0 saturated heterocycles. The fraction of sp³-hybridized carbons (Fsp3) is 0.294. The van der Waals surface area contributed by atoms with Crippen LogP contribution in [0.1, 0.15) is 12.5 Å². The van der Waals surface area contributed by atoms with Crippen molar-refractivity contribution in [2.75, 3.05) is 13.7 Å². The third kappa shape index (κ3) is 4.72. The number of ether oxygens (including phenoxy) is 2. The Morgan fingerprint density at radius 1 is 1.17 bits per heavy atom. The summed E-state index contributed by atoms with van der Waals surface area (Å²) in [7, 11) is -2.29. The maximum absolute atomic E-state index is 12.6. The predicted octanol–water partition coefficient (Wildman–Crippen LogP) is 3.51. The number of methoxy groups -OCH3 is 1. The van der Waals surface area contributed by atoms with E-state index in [4.69, 9.17) is 9.47 Å². The van der Waals surface area contributed by atoms with Gasteiger partial charge in [0.2, 0.25) is 10.0 Å². The third-order valence-corrected chi connectivity index (χ3v) is 5.46. The molecular weight excluding hydrogens is 394 g/mol. The lowest BCUT2D eigenvalue weighted by Crippen LogP contribution is -2.37. The maximum Gasteiger partial charge on any atom is 0.244 e. The predicted molar refractivity (Wildman–Crippen MR) is 97.2 cm³/mol. The third-order valence-electron chi connectivity index (χ3n) is 3.35. The Bertz CT molecular complexity index is 808. The molecule has 5 nitrogen and oxygen atoms in total. The number of nitrogens with one attached hydrogen (secondary N) is 1. The molecule has 0 radical (unpaired) electrons. The maximum atomic E-state index is 12.6. The van der Waals surface area contributed by atoms with E-state index in [9.17, 15) is 8.42 Å². The van der Waals surface area contributed by atoms with Crippen LogP contribution in [0.15, 0.2) is 51.8 Å². The van der Waals surface area contributed by atoms with Crippen molar-refractivity contribution in [3.05, 3.63) is 52.5 Å². The lowest BCUT2D eigenvalue weighted by Gasteiger charge is -2.17. The van der Waals surface area contributed by atoms with Crippen LogP contribution < -0.4 is 14.2 Å². The topological polar surface area (TPSA) is 64.6 Å². The van der Waals surface area contributed by atoms with Gasteiger partial charge in [-0.05, 0) is 43.7 Å². The summed E-state index contributed by atoms with van der Waals surface area (Å²) in [5.74, 6) is 1.03. The van der Waals surface area contributed by atoms with Gasteiger partial charge in [-0.1, -0.05) is 34.1 Å². The minimum atomic E-state index is -3.72. The van der Waals surface area contributed by atoms with Crippen LogP contribution in [0.4, 0.5) is 0 Å². The molecule has 2 rings (SSSR count). The molecule has 0 bridgehead atoms. The zero-order chi connectivity index (χ0) is 17.7. The Hall–Kier alpha value is -1.57. The molecule has 0 spiro atoms. The summed E-state index contributed by atoms with van der Waals surface area (Å²) in [6.07, 6.45) is 0. The highest BCUT2D eigenvalue weighted by atomic mass is 79.9. The van der Waals surface area contributed by atoms with E-state index in [1.165, 1.54) is 13.2 Å². The summed E-state index contributed by atoms with van der Waals surface area (Å²) in [6.45, 7) is 3.91. The van der Waals surface area contributed by atoms with Gasteiger partial charge < -0.3 is 9.47 Å². The summed E-state index contributed by atoms with van der Waals surface area (Å²) >= 11 is 3.28. The molecule has 0 aromatic heterocycles. The van der Waals surface area contributed by atoms with Crippen LogP contribution in [0.2, 0.25) is 0 Å². The Morgan fingerprint density at radius 3 is 2.54 bits per heavy atom. The number of sulfonamides is 1. The van der Waals surface area contributed by atoms with E-state index in [2.05, 4.69) is 20.7 Å². The minimum Gasteiger partial charge on any atom is -0.495 e. The first-order valence-electron chi connectivity index (χ1n) is 7.38. The van der Waals surface area contributed by atoms with E-state index < -0.39 is 16.1 Å². The van der Waals surface area contributed by atoms with Gasteiger partial charge in [0.15, 0.2) is 0 Å². The summed E-state index contributed by atoms with van der Waals surface area (Å²) < 4.78 is 39.3. The number of hydrogen-bond donors (Lipinski definition) is 1. The van der Waals surface area contributed by atoms with Crippen molar-refractivity contribution in [2.45, 2.75) is 24.8 Å². The number of hydrogen-bond acceptors (Lipinski definition) is 4. The van der Waals surface area contributed by atoms with Crippen molar-refractivity contribution in [3.8, 4) is 11.5 Å². The van der Waals surface area contributed by atoms with Crippen LogP contribution in [-0.4, -0.2) is 28.2 Å². The molecule has 1 atom stereocenters. The molecule has 2 aromatic rings. The first kappa shape index (κ1) is 18.8. The molecule has 0 aliphatic heterocycles. The molecule has 0 heterocycles. The Labute approximate surface area is 151 Å². The second-order valence-corrected chi connectivity index (χ2v) is 7.99. The van der Waals surface area contributed by atoms with Crippen LogP contribution in [0.5, 0.6) is 11.5 Å². The van der Waals surface area contributed by atoms with Gasteiger partial charge in [-0.3, -0.25) is 0 Å². The lowest BCUT2D eigenvalue weighted by atomic mass is 10.2. The van der Waals surface area contributed by atoms with Gasteiger partial charge in [0.25, 0.3) is 0 Å². The summed E-state index contributed by atoms with van der Waals surface area (Å²) in [5.41, 5.74) is 1.00. The Morgan fingerprint density at radius 2 is 1.88 bits per heavy atom. The molecule has 0 saturated carbocycles. The van der Waals surface area contributed by atoms with Crippen LogP contribution in [0.3, 0.4) is 0 Å². The van der Waals surface area contributed by atoms with Crippen molar-refractivity contribution in [2.24, 2.45) is 0 Å². The van der Waals surface area contributed by atoms with Crippen LogP contribution in [0.25, 0.3) is 0 Å². The highest BCUT2D eigenvalue weighted by Crippen LogP contribution is 2.27. The highest BCUT2D eigenvalue weighted by molar-refractivity contribution is 9.10. The molecule has 7 heteroatoms. The first-order valence-corrected chi connectivity index (χ1v) is 9.65. The lowest BCUT2D eigenvalue weighted by molar-refractivity contribution is 0.285. The largest absolute Gasteiger partial charge is 0.495 e. The highest BCUT2D eigenvalue weighted by Gasteiger charge is 2.22. The quantitative estimate of drug-likeness (QED) is 0.753. The molecule has 1 unspecified atom stereocenters. The van der Waals surface area contributed by atoms with Crippen LogP contribution in [0, 0.1) is 6.92 Å². The average Bonchev–Trinajstić information content (AvgIpc) is 2.53. The molecule has 130 valence electrons. The van der Waals surface area contributed by atoms with E-state index in [0.29, 0.717) is 4.47 Å². The number of halogens is 1. The molecule has 0 fully saturated rings. The van der Waals surface area contributed by atoms with Crippen LogP contribution >= 0.6 is 15.9 Å². The van der Waals surface area contributed by atoms with E-state index in [1.807, 2.05) is 31.2 Å². The van der Waals surface area contributed by atoms with Gasteiger partial charge in [-0.2, -0.15) is 0 Å². The molecule has 1 N–H and O–H groups in total. The van der Waals surface area contributed by atoms with E-state index in [1.54, 1.807) is 19.1 Å². The van der Waals surface area contributed by atoms with Gasteiger partial charge in [-0.25, -0.2) is 13.1 Å². The standard InChI is InChI=1S/C17H20BrNO4S/c1-12-6-4-5-7-15(12)23-11-13(2)19-24(20,21)17-10-14(18)8-9-16(17)22-3/h4-10,13,19H,11H2,1-3H3. The molecule has 24 heavy (non-hydrogen) atoms. The van der Waals surface area contributed by atoms with Gasteiger partial charge in [-0.15, -0.1) is 0 Å². The smallest absolute Gasteiger partial charge is 0.244 e. The summed E-state index contributed by atoms with van der Waals surface area (Å²) in [4.78, 5) is 0.0853.